The number of para-hydroxylation sites is 1. The number of hydrogen-bond donors (Lipinski definition) is 2. The predicted octanol–water partition coefficient (Wildman–Crippen LogP) is 3.91. The molecular weight excluding hydrogens is 390 g/mol. The van der Waals surface area contributed by atoms with Gasteiger partial charge in [0.1, 0.15) is 0 Å². The van der Waals surface area contributed by atoms with Crippen LogP contribution >= 0.6 is 0 Å². The Labute approximate surface area is 173 Å². The van der Waals surface area contributed by atoms with E-state index in [1.807, 2.05) is 50.6 Å². The summed E-state index contributed by atoms with van der Waals surface area (Å²) in [5.41, 5.74) is 2.54. The molecule has 1 heterocycles. The van der Waals surface area contributed by atoms with Gasteiger partial charge in [0.05, 0.1) is 6.04 Å². The lowest BCUT2D eigenvalue weighted by Crippen LogP contribution is -2.35. The Hall–Kier alpha value is -2.35. The number of carbonyl (C=O) groups excluding carboxylic acids is 2. The average Bonchev–Trinajstić information content (AvgIpc) is 3.08. The molecule has 2 N–H and O–H groups in total. The van der Waals surface area contributed by atoms with Gasteiger partial charge in [-0.3, -0.25) is 4.79 Å². The highest BCUT2D eigenvalue weighted by molar-refractivity contribution is 7.92. The number of rotatable bonds is 6. The molecule has 1 aliphatic heterocycles. The van der Waals surface area contributed by atoms with Crippen molar-refractivity contribution in [2.24, 2.45) is 0 Å². The zero-order valence-electron chi connectivity index (χ0n) is 17.7. The molecule has 1 aromatic carbocycles. The summed E-state index contributed by atoms with van der Waals surface area (Å²) >= 11 is 0. The summed E-state index contributed by atoms with van der Waals surface area (Å²) in [6, 6.07) is 4.73. The highest BCUT2D eigenvalue weighted by atomic mass is 32.2. The zero-order chi connectivity index (χ0) is 21.8. The number of benzene rings is 1. The molecule has 7 nitrogen and oxygen atoms in total. The zero-order valence-corrected chi connectivity index (χ0v) is 18.5. The summed E-state index contributed by atoms with van der Waals surface area (Å²) in [7, 11) is -3.98. The second-order valence-electron chi connectivity index (χ2n) is 7.97. The molecule has 160 valence electrons. The first-order chi connectivity index (χ1) is 13.5. The van der Waals surface area contributed by atoms with Gasteiger partial charge in [0.2, 0.25) is 5.91 Å². The van der Waals surface area contributed by atoms with Crippen molar-refractivity contribution in [3.8, 4) is 0 Å². The van der Waals surface area contributed by atoms with E-state index in [1.54, 1.807) is 4.90 Å². The first kappa shape index (κ1) is 22.9. The number of hydrogen-bond acceptors (Lipinski definition) is 4. The minimum Gasteiger partial charge on any atom is -0.336 e. The minimum absolute atomic E-state index is 0.0910. The average molecular weight is 422 g/mol. The Morgan fingerprint density at radius 2 is 1.72 bits per heavy atom. The normalized spacial score (nSPS) is 17.3. The molecule has 1 atom stereocenters. The Kier molecular flexibility index (Phi) is 7.46. The number of anilines is 1. The lowest BCUT2D eigenvalue weighted by molar-refractivity contribution is -0.128. The maximum Gasteiger partial charge on any atom is 0.333 e. The molecule has 0 saturated carbocycles. The number of urea groups is 1. The van der Waals surface area contributed by atoms with Crippen LogP contribution in [0.5, 0.6) is 0 Å². The summed E-state index contributed by atoms with van der Waals surface area (Å²) in [6.45, 7) is 10.1. The third-order valence-corrected chi connectivity index (χ3v) is 6.02. The number of sulfonamides is 1. The van der Waals surface area contributed by atoms with Crippen LogP contribution in [-0.2, 0) is 14.8 Å². The van der Waals surface area contributed by atoms with E-state index in [0.717, 1.165) is 23.0 Å². The van der Waals surface area contributed by atoms with Gasteiger partial charge in [-0.05, 0) is 41.9 Å². The topological polar surface area (TPSA) is 95.6 Å². The van der Waals surface area contributed by atoms with Crippen molar-refractivity contribution in [3.05, 3.63) is 40.8 Å². The van der Waals surface area contributed by atoms with Crippen molar-refractivity contribution in [1.29, 1.82) is 0 Å². The van der Waals surface area contributed by atoms with Gasteiger partial charge in [0, 0.05) is 24.6 Å². The molecule has 29 heavy (non-hydrogen) atoms. The molecular formula is C21H31N3O4S. The summed E-state index contributed by atoms with van der Waals surface area (Å²) < 4.78 is 26.7. The fraction of sp³-hybridized carbons (Fsp3) is 0.524. The van der Waals surface area contributed by atoms with E-state index in [2.05, 4.69) is 5.32 Å². The quantitative estimate of drug-likeness (QED) is 0.728. The second kappa shape index (κ2) is 9.43. The van der Waals surface area contributed by atoms with E-state index in [1.165, 1.54) is 13.0 Å². The number of nitrogens with zero attached hydrogens (tertiary/aromatic N) is 1. The molecule has 1 fully saturated rings. The van der Waals surface area contributed by atoms with Gasteiger partial charge >= 0.3 is 6.03 Å². The summed E-state index contributed by atoms with van der Waals surface area (Å²) in [6.07, 6.45) is 3.00. The molecule has 0 aromatic heterocycles. The van der Waals surface area contributed by atoms with Crippen LogP contribution in [0.3, 0.4) is 0 Å². The largest absolute Gasteiger partial charge is 0.336 e. The molecule has 1 aliphatic rings. The fourth-order valence-corrected chi connectivity index (χ4v) is 4.34. The summed E-state index contributed by atoms with van der Waals surface area (Å²) in [5, 5.41) is 3.69. The Morgan fingerprint density at radius 1 is 1.14 bits per heavy atom. The minimum atomic E-state index is -3.98. The molecule has 0 radical (unpaired) electrons. The Bertz CT molecular complexity index is 865. The van der Waals surface area contributed by atoms with Gasteiger partial charge in [-0.2, -0.15) is 0 Å². The molecule has 0 spiro atoms. The molecule has 0 unspecified atom stereocenters. The SMILES string of the molecule is CC(=O)N1CCC[C@H]1/C=C/S(=O)(=O)NC(=O)Nc1c(C(C)C)cccc1C(C)C. The van der Waals surface area contributed by atoms with Crippen LogP contribution in [-0.4, -0.2) is 37.8 Å². The highest BCUT2D eigenvalue weighted by Crippen LogP contribution is 2.32. The van der Waals surface area contributed by atoms with Crippen LogP contribution in [0.25, 0.3) is 0 Å². The molecule has 0 bridgehead atoms. The molecule has 8 heteroatoms. The van der Waals surface area contributed by atoms with E-state index in [4.69, 9.17) is 0 Å². The number of amides is 3. The molecule has 1 saturated heterocycles. The van der Waals surface area contributed by atoms with Crippen LogP contribution in [0.1, 0.15) is 70.4 Å². The van der Waals surface area contributed by atoms with Gasteiger partial charge < -0.3 is 10.2 Å². The molecule has 2 rings (SSSR count). The first-order valence-corrected chi connectivity index (χ1v) is 11.5. The summed E-state index contributed by atoms with van der Waals surface area (Å²) in [4.78, 5) is 25.7. The second-order valence-corrected chi connectivity index (χ2v) is 9.54. The van der Waals surface area contributed by atoms with Crippen molar-refractivity contribution in [2.75, 3.05) is 11.9 Å². The van der Waals surface area contributed by atoms with Crippen molar-refractivity contribution in [1.82, 2.24) is 9.62 Å². The van der Waals surface area contributed by atoms with Gasteiger partial charge in [-0.1, -0.05) is 45.9 Å². The summed E-state index contributed by atoms with van der Waals surface area (Å²) in [5.74, 6) is 0.243. The monoisotopic (exact) mass is 421 g/mol. The third-order valence-electron chi connectivity index (χ3n) is 5.03. The van der Waals surface area contributed by atoms with Gasteiger partial charge in [-0.15, -0.1) is 0 Å². The molecule has 0 aliphatic carbocycles. The predicted molar refractivity (Wildman–Crippen MR) is 115 cm³/mol. The smallest absolute Gasteiger partial charge is 0.333 e. The van der Waals surface area contributed by atoms with E-state index in [0.29, 0.717) is 18.7 Å². The lowest BCUT2D eigenvalue weighted by Gasteiger charge is -2.20. The van der Waals surface area contributed by atoms with Crippen molar-refractivity contribution in [3.63, 3.8) is 0 Å². The van der Waals surface area contributed by atoms with Crippen LogP contribution in [0.15, 0.2) is 29.7 Å². The standard InChI is InChI=1S/C21H31N3O4S/c1-14(2)18-9-6-10-19(15(3)4)20(18)22-21(26)23-29(27,28)13-11-17-8-7-12-24(17)16(5)25/h6,9-11,13-15,17H,7-8,12H2,1-5H3,(H2,22,23,26)/b13-11+/t17-/m0/s1. The Morgan fingerprint density at radius 3 is 2.24 bits per heavy atom. The maximum atomic E-state index is 12.4. The van der Waals surface area contributed by atoms with Gasteiger partial charge in [0.15, 0.2) is 0 Å². The van der Waals surface area contributed by atoms with E-state index in [9.17, 15) is 18.0 Å². The van der Waals surface area contributed by atoms with Crippen LogP contribution in [0.2, 0.25) is 0 Å². The highest BCUT2D eigenvalue weighted by Gasteiger charge is 2.25. The maximum absolute atomic E-state index is 12.4. The molecule has 3 amide bonds. The molecule has 1 aromatic rings. The lowest BCUT2D eigenvalue weighted by atomic mass is 9.93. The van der Waals surface area contributed by atoms with Crippen LogP contribution in [0, 0.1) is 0 Å². The van der Waals surface area contributed by atoms with Gasteiger partial charge in [-0.25, -0.2) is 17.9 Å². The van der Waals surface area contributed by atoms with Gasteiger partial charge in [0.25, 0.3) is 10.0 Å². The third kappa shape index (κ3) is 6.06. The van der Waals surface area contributed by atoms with Crippen LogP contribution < -0.4 is 10.0 Å². The number of likely N-dealkylation sites (tertiary alicyclic amines) is 1. The first-order valence-electron chi connectivity index (χ1n) is 9.94. The van der Waals surface area contributed by atoms with Crippen molar-refractivity contribution >= 4 is 27.6 Å². The number of nitrogens with one attached hydrogen (secondary N) is 2. The van der Waals surface area contributed by atoms with Crippen LogP contribution in [0.4, 0.5) is 10.5 Å². The van der Waals surface area contributed by atoms with E-state index < -0.39 is 16.1 Å². The Balaban J connectivity index is 2.14. The van der Waals surface area contributed by atoms with Crippen molar-refractivity contribution < 1.29 is 18.0 Å². The number of carbonyl (C=O) groups is 2. The van der Waals surface area contributed by atoms with E-state index >= 15 is 0 Å². The van der Waals surface area contributed by atoms with E-state index in [-0.39, 0.29) is 23.8 Å². The fourth-order valence-electron chi connectivity index (χ4n) is 3.58. The van der Waals surface area contributed by atoms with Crippen molar-refractivity contribution in [2.45, 2.75) is 65.3 Å².